The Morgan fingerprint density at radius 2 is 1.67 bits per heavy atom. The number of likely N-dealkylation sites (tertiary alicyclic amines) is 1. The molecule has 1 aliphatic rings. The van der Waals surface area contributed by atoms with Crippen molar-refractivity contribution in [3.05, 3.63) is 35.9 Å². The molecule has 1 aromatic carbocycles. The molecule has 0 spiro atoms. The van der Waals surface area contributed by atoms with Crippen LogP contribution in [-0.2, 0) is 25.3 Å². The first-order valence-corrected chi connectivity index (χ1v) is 14.5. The van der Waals surface area contributed by atoms with E-state index in [1.54, 1.807) is 20.8 Å². The molecule has 0 saturated carbocycles. The molecule has 1 amide bonds. The van der Waals surface area contributed by atoms with Gasteiger partial charge in [-0.05, 0) is 50.9 Å². The predicted molar refractivity (Wildman–Crippen MR) is 131 cm³/mol. The Balaban J connectivity index is 2.15. The average molecular weight is 480 g/mol. The zero-order chi connectivity index (χ0) is 25.1. The van der Waals surface area contributed by atoms with Crippen molar-refractivity contribution in [3.8, 4) is 0 Å². The van der Waals surface area contributed by atoms with Crippen LogP contribution in [0.15, 0.2) is 30.3 Å². The highest BCUT2D eigenvalue weighted by Crippen LogP contribution is 2.40. The predicted octanol–water partition coefficient (Wildman–Crippen LogP) is 5.31. The maximum absolute atomic E-state index is 12.5. The minimum atomic E-state index is -1.98. The Morgan fingerprint density at radius 1 is 1.09 bits per heavy atom. The van der Waals surface area contributed by atoms with E-state index in [9.17, 15) is 14.7 Å². The summed E-state index contributed by atoms with van der Waals surface area (Å²) >= 11 is 0. The fraction of sp³-hybridized carbons (Fsp3) is 0.680. The Labute approximate surface area is 199 Å². The number of rotatable bonds is 9. The standard InChI is InChI=1S/C25H41NO6Si/c1-23(2,3)32-22(29)26-17-25(18-26,21(27)28)20(30-16-19-12-10-9-11-13-19)14-15-31-33(7,8)24(4,5)6/h9-13,20H,14-18H2,1-8H3,(H,27,28). The quantitative estimate of drug-likeness (QED) is 0.484. The first kappa shape index (κ1) is 27.3. The van der Waals surface area contributed by atoms with E-state index >= 15 is 0 Å². The molecule has 1 N–H and O–H groups in total. The number of carbonyl (C=O) groups excluding carboxylic acids is 1. The van der Waals surface area contributed by atoms with E-state index in [1.807, 2.05) is 30.3 Å². The van der Waals surface area contributed by atoms with Gasteiger partial charge in [-0.3, -0.25) is 4.79 Å². The number of carbonyl (C=O) groups is 2. The number of hydrogen-bond acceptors (Lipinski definition) is 5. The third-order valence-electron chi connectivity index (χ3n) is 6.58. The number of hydrogen-bond donors (Lipinski definition) is 1. The zero-order valence-electron chi connectivity index (χ0n) is 21.4. The summed E-state index contributed by atoms with van der Waals surface area (Å²) in [6.45, 7) is 17.1. The van der Waals surface area contributed by atoms with Crippen LogP contribution in [-0.4, -0.2) is 61.8 Å². The van der Waals surface area contributed by atoms with Crippen molar-refractivity contribution in [3.63, 3.8) is 0 Å². The SMILES string of the molecule is CC(C)(C)OC(=O)N1CC(C(=O)O)(C(CCO[Si](C)(C)C(C)(C)C)OCc2ccccc2)C1. The lowest BCUT2D eigenvalue weighted by molar-refractivity contribution is -0.182. The van der Waals surface area contributed by atoms with E-state index in [4.69, 9.17) is 13.9 Å². The lowest BCUT2D eigenvalue weighted by atomic mass is 9.73. The molecule has 0 aromatic heterocycles. The number of benzene rings is 1. The molecule has 0 bridgehead atoms. The molecule has 1 fully saturated rings. The molecule has 8 heteroatoms. The fourth-order valence-corrected chi connectivity index (χ4v) is 4.56. The summed E-state index contributed by atoms with van der Waals surface area (Å²) in [6.07, 6.45) is -0.661. The molecule has 1 unspecified atom stereocenters. The summed E-state index contributed by atoms with van der Waals surface area (Å²) in [6, 6.07) is 9.68. The normalized spacial score (nSPS) is 17.3. The highest BCUT2D eigenvalue weighted by molar-refractivity contribution is 6.74. The molecule has 186 valence electrons. The van der Waals surface area contributed by atoms with Crippen molar-refractivity contribution in [1.82, 2.24) is 4.90 Å². The number of nitrogens with zero attached hydrogens (tertiary/aromatic N) is 1. The molecular weight excluding hydrogens is 438 g/mol. The lowest BCUT2D eigenvalue weighted by Crippen LogP contribution is -2.68. The van der Waals surface area contributed by atoms with Crippen LogP contribution in [0.25, 0.3) is 0 Å². The fourth-order valence-electron chi connectivity index (χ4n) is 3.49. The van der Waals surface area contributed by atoms with Crippen molar-refractivity contribution in [2.45, 2.75) is 84.4 Å². The molecule has 2 rings (SSSR count). The first-order valence-electron chi connectivity index (χ1n) is 11.6. The molecule has 1 aromatic rings. The molecule has 1 saturated heterocycles. The van der Waals surface area contributed by atoms with Gasteiger partial charge in [-0.25, -0.2) is 4.79 Å². The van der Waals surface area contributed by atoms with Crippen molar-refractivity contribution in [2.75, 3.05) is 19.7 Å². The lowest BCUT2D eigenvalue weighted by Gasteiger charge is -2.50. The summed E-state index contributed by atoms with van der Waals surface area (Å²) in [4.78, 5) is 26.3. The highest BCUT2D eigenvalue weighted by Gasteiger charge is 2.58. The van der Waals surface area contributed by atoms with Crippen molar-refractivity contribution < 1.29 is 28.6 Å². The van der Waals surface area contributed by atoms with E-state index < -0.39 is 37.5 Å². The first-order chi connectivity index (χ1) is 15.1. The number of amides is 1. The zero-order valence-corrected chi connectivity index (χ0v) is 22.4. The molecule has 33 heavy (non-hydrogen) atoms. The molecule has 0 aliphatic carbocycles. The van der Waals surface area contributed by atoms with Gasteiger partial charge in [0, 0.05) is 19.7 Å². The maximum Gasteiger partial charge on any atom is 0.410 e. The number of ether oxygens (including phenoxy) is 2. The van der Waals surface area contributed by atoms with Crippen LogP contribution in [0.1, 0.15) is 53.5 Å². The highest BCUT2D eigenvalue weighted by atomic mass is 28.4. The summed E-state index contributed by atoms with van der Waals surface area (Å²) < 4.78 is 17.9. The second kappa shape index (κ2) is 10.2. The number of aliphatic carboxylic acids is 1. The van der Waals surface area contributed by atoms with Crippen molar-refractivity contribution in [2.24, 2.45) is 5.41 Å². The molecule has 1 aliphatic heterocycles. The second-order valence-electron chi connectivity index (χ2n) is 11.5. The third kappa shape index (κ3) is 7.04. The van der Waals surface area contributed by atoms with E-state index in [-0.39, 0.29) is 18.1 Å². The second-order valence-corrected chi connectivity index (χ2v) is 16.3. The Kier molecular flexibility index (Phi) is 8.41. The molecule has 0 radical (unpaired) electrons. The van der Waals surface area contributed by atoms with Crippen LogP contribution in [0.5, 0.6) is 0 Å². The monoisotopic (exact) mass is 479 g/mol. The van der Waals surface area contributed by atoms with E-state index in [1.165, 1.54) is 4.90 Å². The average Bonchev–Trinajstić information content (AvgIpc) is 2.62. The molecular formula is C25H41NO6Si. The van der Waals surface area contributed by atoms with Gasteiger partial charge in [0.05, 0.1) is 12.7 Å². The van der Waals surface area contributed by atoms with Gasteiger partial charge < -0.3 is 23.9 Å². The van der Waals surface area contributed by atoms with Gasteiger partial charge in [0.1, 0.15) is 11.0 Å². The summed E-state index contributed by atoms with van der Waals surface area (Å²) in [5.74, 6) is -0.965. The van der Waals surface area contributed by atoms with Gasteiger partial charge in [-0.15, -0.1) is 0 Å². The van der Waals surface area contributed by atoms with E-state index in [2.05, 4.69) is 33.9 Å². The van der Waals surface area contributed by atoms with Gasteiger partial charge in [0.15, 0.2) is 8.32 Å². The van der Waals surface area contributed by atoms with Crippen LogP contribution < -0.4 is 0 Å². The van der Waals surface area contributed by atoms with Crippen LogP contribution in [0.3, 0.4) is 0 Å². The third-order valence-corrected chi connectivity index (χ3v) is 11.1. The Hall–Kier alpha value is -1.90. The molecule has 1 atom stereocenters. The van der Waals surface area contributed by atoms with Gasteiger partial charge in [-0.1, -0.05) is 51.1 Å². The van der Waals surface area contributed by atoms with E-state index in [0.29, 0.717) is 19.6 Å². The smallest absolute Gasteiger partial charge is 0.410 e. The topological polar surface area (TPSA) is 85.3 Å². The van der Waals surface area contributed by atoms with E-state index in [0.717, 1.165) is 5.56 Å². The molecule has 1 heterocycles. The Morgan fingerprint density at radius 3 is 2.15 bits per heavy atom. The van der Waals surface area contributed by atoms with Gasteiger partial charge >= 0.3 is 12.1 Å². The minimum Gasteiger partial charge on any atom is -0.481 e. The van der Waals surface area contributed by atoms with Gasteiger partial charge in [0.2, 0.25) is 0 Å². The maximum atomic E-state index is 12.5. The summed E-state index contributed by atoms with van der Waals surface area (Å²) in [5, 5.41) is 10.2. The Bertz CT molecular complexity index is 806. The van der Waals surface area contributed by atoms with Crippen molar-refractivity contribution >= 4 is 20.4 Å². The largest absolute Gasteiger partial charge is 0.481 e. The van der Waals surface area contributed by atoms with Crippen molar-refractivity contribution in [1.29, 1.82) is 0 Å². The van der Waals surface area contributed by atoms with Crippen LogP contribution in [0.2, 0.25) is 18.1 Å². The summed E-state index contributed by atoms with van der Waals surface area (Å²) in [7, 11) is -1.98. The number of carboxylic acid groups (broad SMARTS) is 1. The molecule has 7 nitrogen and oxygen atoms in total. The van der Waals surface area contributed by atoms with Crippen LogP contribution >= 0.6 is 0 Å². The number of carboxylic acids is 1. The van der Waals surface area contributed by atoms with Gasteiger partial charge in [-0.2, -0.15) is 0 Å². The van der Waals surface area contributed by atoms with Crippen LogP contribution in [0, 0.1) is 5.41 Å². The van der Waals surface area contributed by atoms with Gasteiger partial charge in [0.25, 0.3) is 0 Å². The summed E-state index contributed by atoms with van der Waals surface area (Å²) in [5.41, 5.74) is -0.863. The minimum absolute atomic E-state index is 0.0524. The van der Waals surface area contributed by atoms with Crippen LogP contribution in [0.4, 0.5) is 4.79 Å².